The second-order valence-corrected chi connectivity index (χ2v) is 3.74. The van der Waals surface area contributed by atoms with Crippen LogP contribution in [-0.4, -0.2) is 13.1 Å². The lowest BCUT2D eigenvalue weighted by atomic mass is 10.1. The number of methoxy groups -OCH3 is 1. The standard InChI is InChI=1S/C8H3F3IN3O2/c1-17-8(16)2-3(9)4(10)7(14-15-13)5(11)6(2)12/h1H3. The fourth-order valence-electron chi connectivity index (χ4n) is 1.03. The zero-order valence-electron chi connectivity index (χ0n) is 8.17. The first-order valence-corrected chi connectivity index (χ1v) is 5.02. The number of halogens is 4. The molecule has 0 aliphatic heterocycles. The monoisotopic (exact) mass is 357 g/mol. The van der Waals surface area contributed by atoms with Gasteiger partial charge in [0.15, 0.2) is 11.6 Å². The summed E-state index contributed by atoms with van der Waals surface area (Å²) < 4.78 is 43.9. The van der Waals surface area contributed by atoms with Gasteiger partial charge in [-0.1, -0.05) is 5.11 Å². The molecule has 0 amide bonds. The summed E-state index contributed by atoms with van der Waals surface area (Å²) in [6.07, 6.45) is 0. The van der Waals surface area contributed by atoms with Crippen LogP contribution in [0.15, 0.2) is 5.11 Å². The fourth-order valence-corrected chi connectivity index (χ4v) is 1.75. The summed E-state index contributed by atoms with van der Waals surface area (Å²) in [5.41, 5.74) is 6.09. The van der Waals surface area contributed by atoms with Crippen molar-refractivity contribution in [3.8, 4) is 0 Å². The minimum atomic E-state index is -1.74. The number of azide groups is 1. The number of esters is 1. The highest BCUT2D eigenvalue weighted by Crippen LogP contribution is 2.32. The van der Waals surface area contributed by atoms with Crippen LogP contribution in [0.1, 0.15) is 10.4 Å². The molecule has 0 radical (unpaired) electrons. The molecule has 1 aromatic rings. The van der Waals surface area contributed by atoms with Crippen molar-refractivity contribution < 1.29 is 22.7 Å². The molecule has 0 aliphatic carbocycles. The predicted octanol–water partition coefficient (Wildman–Crippen LogP) is 3.44. The molecule has 0 fully saturated rings. The number of rotatable bonds is 2. The Morgan fingerprint density at radius 2 is 1.94 bits per heavy atom. The molecule has 0 atom stereocenters. The molecule has 90 valence electrons. The molecule has 0 aromatic heterocycles. The molecule has 0 spiro atoms. The number of carbonyl (C=O) groups is 1. The third kappa shape index (κ3) is 2.29. The summed E-state index contributed by atoms with van der Waals surface area (Å²) in [6, 6.07) is 0. The van der Waals surface area contributed by atoms with Crippen LogP contribution in [0, 0.1) is 21.0 Å². The van der Waals surface area contributed by atoms with Crippen LogP contribution in [-0.2, 0) is 4.74 Å². The van der Waals surface area contributed by atoms with Gasteiger partial charge in [0.1, 0.15) is 17.1 Å². The van der Waals surface area contributed by atoms with Crippen molar-refractivity contribution in [1.29, 1.82) is 0 Å². The molecule has 1 aromatic carbocycles. The Morgan fingerprint density at radius 3 is 2.41 bits per heavy atom. The van der Waals surface area contributed by atoms with Crippen molar-refractivity contribution in [3.63, 3.8) is 0 Å². The van der Waals surface area contributed by atoms with Gasteiger partial charge in [0.2, 0.25) is 0 Å². The molecule has 0 bridgehead atoms. The lowest BCUT2D eigenvalue weighted by Gasteiger charge is -2.08. The number of nitrogens with zero attached hydrogens (tertiary/aromatic N) is 3. The average Bonchev–Trinajstić information content (AvgIpc) is 2.32. The Labute approximate surface area is 106 Å². The number of hydrogen-bond acceptors (Lipinski definition) is 3. The molecule has 0 saturated heterocycles. The molecule has 0 N–H and O–H groups in total. The first-order valence-electron chi connectivity index (χ1n) is 3.95. The minimum Gasteiger partial charge on any atom is -0.465 e. The van der Waals surface area contributed by atoms with Gasteiger partial charge in [0.25, 0.3) is 0 Å². The summed E-state index contributed by atoms with van der Waals surface area (Å²) in [6.45, 7) is 0. The topological polar surface area (TPSA) is 75.1 Å². The maximum atomic E-state index is 13.5. The first kappa shape index (κ1) is 13.6. The van der Waals surface area contributed by atoms with E-state index in [1.807, 2.05) is 0 Å². The van der Waals surface area contributed by atoms with E-state index in [1.54, 1.807) is 0 Å². The summed E-state index contributed by atoms with van der Waals surface area (Å²) in [7, 11) is 0.939. The molecular weight excluding hydrogens is 354 g/mol. The zero-order valence-corrected chi connectivity index (χ0v) is 10.3. The summed E-state index contributed by atoms with van der Waals surface area (Å²) >= 11 is 1.29. The van der Waals surface area contributed by atoms with Gasteiger partial charge in [-0.05, 0) is 28.1 Å². The molecule has 1 rings (SSSR count). The van der Waals surface area contributed by atoms with Crippen molar-refractivity contribution in [2.45, 2.75) is 0 Å². The van der Waals surface area contributed by atoms with Crippen molar-refractivity contribution in [2.24, 2.45) is 5.11 Å². The zero-order chi connectivity index (χ0) is 13.2. The maximum Gasteiger partial charge on any atom is 0.342 e. The van der Waals surface area contributed by atoms with E-state index in [4.69, 9.17) is 5.53 Å². The second kappa shape index (κ2) is 5.23. The van der Waals surface area contributed by atoms with Gasteiger partial charge in [-0.2, -0.15) is 0 Å². The molecule has 0 saturated carbocycles. The Morgan fingerprint density at radius 1 is 1.35 bits per heavy atom. The van der Waals surface area contributed by atoms with E-state index in [0.717, 1.165) is 7.11 Å². The van der Waals surface area contributed by atoms with Crippen molar-refractivity contribution in [1.82, 2.24) is 0 Å². The SMILES string of the molecule is COC(=O)c1c(F)c(F)c(N=[N+]=[N-])c(F)c1I. The highest BCUT2D eigenvalue weighted by molar-refractivity contribution is 14.1. The van der Waals surface area contributed by atoms with E-state index >= 15 is 0 Å². The molecule has 5 nitrogen and oxygen atoms in total. The smallest absolute Gasteiger partial charge is 0.342 e. The van der Waals surface area contributed by atoms with Gasteiger partial charge in [0, 0.05) is 4.91 Å². The van der Waals surface area contributed by atoms with E-state index < -0.39 is 38.2 Å². The maximum absolute atomic E-state index is 13.5. The van der Waals surface area contributed by atoms with Gasteiger partial charge < -0.3 is 4.74 Å². The largest absolute Gasteiger partial charge is 0.465 e. The number of ether oxygens (including phenoxy) is 1. The third-order valence-corrected chi connectivity index (χ3v) is 2.79. The third-order valence-electron chi connectivity index (χ3n) is 1.77. The highest BCUT2D eigenvalue weighted by atomic mass is 127. The molecule has 0 heterocycles. The van der Waals surface area contributed by atoms with Crippen LogP contribution in [0.3, 0.4) is 0 Å². The lowest BCUT2D eigenvalue weighted by Crippen LogP contribution is -2.11. The number of carbonyl (C=O) groups excluding carboxylic acids is 1. The first-order chi connectivity index (χ1) is 7.95. The lowest BCUT2D eigenvalue weighted by molar-refractivity contribution is 0.0592. The van der Waals surface area contributed by atoms with Crippen molar-refractivity contribution >= 4 is 34.2 Å². The number of benzene rings is 1. The average molecular weight is 357 g/mol. The summed E-state index contributed by atoms with van der Waals surface area (Å²) in [4.78, 5) is 13.3. The molecule has 9 heteroatoms. The van der Waals surface area contributed by atoms with Gasteiger partial charge in [0.05, 0.1) is 10.7 Å². The van der Waals surface area contributed by atoms with Crippen LogP contribution < -0.4 is 0 Å². The van der Waals surface area contributed by atoms with Crippen LogP contribution in [0.5, 0.6) is 0 Å². The molecular formula is C8H3F3IN3O2. The van der Waals surface area contributed by atoms with E-state index in [0.29, 0.717) is 0 Å². The van der Waals surface area contributed by atoms with E-state index in [1.165, 1.54) is 22.6 Å². The Kier molecular flexibility index (Phi) is 4.18. The minimum absolute atomic E-state index is 0.518. The molecule has 0 aliphatic rings. The van der Waals surface area contributed by atoms with Crippen molar-refractivity contribution in [3.05, 3.63) is 37.0 Å². The highest BCUT2D eigenvalue weighted by Gasteiger charge is 2.27. The van der Waals surface area contributed by atoms with Crippen LogP contribution >= 0.6 is 22.6 Å². The summed E-state index contributed by atoms with van der Waals surface area (Å²) in [5, 5.41) is 2.69. The van der Waals surface area contributed by atoms with E-state index in [-0.39, 0.29) is 0 Å². The van der Waals surface area contributed by atoms with Crippen LogP contribution in [0.25, 0.3) is 10.4 Å². The Bertz CT molecular complexity index is 514. The molecule has 0 unspecified atom stereocenters. The number of hydrogen-bond donors (Lipinski definition) is 0. The van der Waals surface area contributed by atoms with Gasteiger partial charge in [-0.15, -0.1) is 0 Å². The Balaban J connectivity index is 3.69. The van der Waals surface area contributed by atoms with Crippen LogP contribution in [0.2, 0.25) is 0 Å². The Hall–Kier alpha value is -1.48. The van der Waals surface area contributed by atoms with Gasteiger partial charge in [-0.3, -0.25) is 0 Å². The van der Waals surface area contributed by atoms with E-state index in [2.05, 4.69) is 14.8 Å². The normalized spacial score (nSPS) is 9.71. The fraction of sp³-hybridized carbons (Fsp3) is 0.125. The quantitative estimate of drug-likeness (QED) is 0.203. The van der Waals surface area contributed by atoms with Crippen LogP contribution in [0.4, 0.5) is 18.9 Å². The van der Waals surface area contributed by atoms with E-state index in [9.17, 15) is 18.0 Å². The summed E-state index contributed by atoms with van der Waals surface area (Å²) in [5.74, 6) is -5.90. The van der Waals surface area contributed by atoms with Crippen molar-refractivity contribution in [2.75, 3.05) is 7.11 Å². The predicted molar refractivity (Wildman–Crippen MR) is 59.2 cm³/mol. The van der Waals surface area contributed by atoms with Gasteiger partial charge in [-0.25, -0.2) is 18.0 Å². The van der Waals surface area contributed by atoms with Gasteiger partial charge >= 0.3 is 5.97 Å². The second-order valence-electron chi connectivity index (χ2n) is 2.66. The molecule has 17 heavy (non-hydrogen) atoms.